The largest absolute Gasteiger partial charge is 0.373 e. The van der Waals surface area contributed by atoms with Crippen molar-refractivity contribution in [3.63, 3.8) is 0 Å². The number of alkyl halides is 1. The number of nitrogens with zero attached hydrogens (tertiary/aromatic N) is 2. The summed E-state index contributed by atoms with van der Waals surface area (Å²) < 4.78 is 9.21. The predicted molar refractivity (Wildman–Crippen MR) is 70.8 cm³/mol. The van der Waals surface area contributed by atoms with Crippen LogP contribution in [-0.2, 0) is 4.74 Å². The van der Waals surface area contributed by atoms with Crippen LogP contribution in [0, 0.1) is 5.92 Å². The number of hydrogen-bond acceptors (Lipinski definition) is 2. The quantitative estimate of drug-likeness (QED) is 0.628. The lowest BCUT2D eigenvalue weighted by molar-refractivity contribution is -0.00483. The summed E-state index contributed by atoms with van der Waals surface area (Å²) in [6.45, 7) is 0.910. The van der Waals surface area contributed by atoms with E-state index in [4.69, 9.17) is 4.74 Å². The predicted octanol–water partition coefficient (Wildman–Crippen LogP) is 3.12. The molecule has 2 heterocycles. The third-order valence-electron chi connectivity index (χ3n) is 3.53. The molecule has 1 saturated heterocycles. The standard InChI is InChI=1S/C12H17IN2O/c13-6-9-3-4-16-12(5-9)10-7-14-15(8-10)11-1-2-11/h7-9,11-12H,1-6H2. The minimum absolute atomic E-state index is 0.293. The molecule has 2 atom stereocenters. The zero-order valence-electron chi connectivity index (χ0n) is 9.31. The van der Waals surface area contributed by atoms with Gasteiger partial charge in [-0.25, -0.2) is 0 Å². The van der Waals surface area contributed by atoms with Crippen molar-refractivity contribution in [2.45, 2.75) is 37.8 Å². The van der Waals surface area contributed by atoms with Crippen LogP contribution in [-0.4, -0.2) is 20.8 Å². The van der Waals surface area contributed by atoms with Crippen molar-refractivity contribution in [1.29, 1.82) is 0 Å². The van der Waals surface area contributed by atoms with Gasteiger partial charge in [0.15, 0.2) is 0 Å². The van der Waals surface area contributed by atoms with E-state index >= 15 is 0 Å². The van der Waals surface area contributed by atoms with E-state index in [1.54, 1.807) is 0 Å². The fourth-order valence-electron chi connectivity index (χ4n) is 2.30. The van der Waals surface area contributed by atoms with Gasteiger partial charge < -0.3 is 4.74 Å². The average molecular weight is 332 g/mol. The first kappa shape index (κ1) is 11.0. The molecule has 2 aliphatic rings. The molecule has 0 aromatic carbocycles. The van der Waals surface area contributed by atoms with E-state index in [0.717, 1.165) is 12.5 Å². The number of hydrogen-bond donors (Lipinski definition) is 0. The van der Waals surface area contributed by atoms with Crippen LogP contribution in [0.2, 0.25) is 0 Å². The van der Waals surface area contributed by atoms with Crippen molar-refractivity contribution in [2.24, 2.45) is 5.92 Å². The van der Waals surface area contributed by atoms with E-state index in [1.807, 2.05) is 6.20 Å². The first-order valence-electron chi connectivity index (χ1n) is 6.08. The summed E-state index contributed by atoms with van der Waals surface area (Å²) in [4.78, 5) is 0. The van der Waals surface area contributed by atoms with Gasteiger partial charge in [0.05, 0.1) is 18.3 Å². The molecular formula is C12H17IN2O. The second-order valence-corrected chi connectivity index (χ2v) is 5.77. The van der Waals surface area contributed by atoms with Crippen molar-refractivity contribution in [1.82, 2.24) is 9.78 Å². The summed E-state index contributed by atoms with van der Waals surface area (Å²) in [5, 5.41) is 4.44. The van der Waals surface area contributed by atoms with E-state index in [-0.39, 0.29) is 0 Å². The number of rotatable bonds is 3. The summed E-state index contributed by atoms with van der Waals surface area (Å²) in [6, 6.07) is 0.678. The molecule has 4 heteroatoms. The van der Waals surface area contributed by atoms with Gasteiger partial charge >= 0.3 is 0 Å². The van der Waals surface area contributed by atoms with E-state index in [2.05, 4.69) is 38.6 Å². The van der Waals surface area contributed by atoms with Crippen LogP contribution in [0.25, 0.3) is 0 Å². The Morgan fingerprint density at radius 2 is 2.31 bits per heavy atom. The van der Waals surface area contributed by atoms with Gasteiger partial charge in [0, 0.05) is 22.8 Å². The maximum atomic E-state index is 5.85. The number of halogens is 1. The third-order valence-corrected chi connectivity index (χ3v) is 4.77. The first-order chi connectivity index (χ1) is 7.86. The Balaban J connectivity index is 1.70. The van der Waals surface area contributed by atoms with E-state index < -0.39 is 0 Å². The van der Waals surface area contributed by atoms with Crippen molar-refractivity contribution in [3.8, 4) is 0 Å². The molecular weight excluding hydrogens is 315 g/mol. The van der Waals surface area contributed by atoms with E-state index in [9.17, 15) is 0 Å². The second kappa shape index (κ2) is 4.64. The molecule has 0 amide bonds. The normalized spacial score (nSPS) is 30.6. The molecule has 0 spiro atoms. The van der Waals surface area contributed by atoms with Crippen LogP contribution in [0.3, 0.4) is 0 Å². The lowest BCUT2D eigenvalue weighted by Gasteiger charge is -2.27. The molecule has 2 unspecified atom stereocenters. The smallest absolute Gasteiger partial charge is 0.0858 e. The van der Waals surface area contributed by atoms with Gasteiger partial charge in [-0.1, -0.05) is 22.6 Å². The molecule has 3 rings (SSSR count). The molecule has 1 aliphatic carbocycles. The maximum Gasteiger partial charge on any atom is 0.0858 e. The number of aromatic nitrogens is 2. The van der Waals surface area contributed by atoms with Crippen molar-refractivity contribution in [2.75, 3.05) is 11.0 Å². The van der Waals surface area contributed by atoms with Crippen LogP contribution in [0.4, 0.5) is 0 Å². The summed E-state index contributed by atoms with van der Waals surface area (Å²) >= 11 is 2.49. The van der Waals surface area contributed by atoms with Crippen LogP contribution in [0.15, 0.2) is 12.4 Å². The molecule has 1 aliphatic heterocycles. The fraction of sp³-hybridized carbons (Fsp3) is 0.750. The third kappa shape index (κ3) is 2.27. The molecule has 88 valence electrons. The highest BCUT2D eigenvalue weighted by atomic mass is 127. The molecule has 0 radical (unpaired) electrons. The highest BCUT2D eigenvalue weighted by Crippen LogP contribution is 2.37. The Hall–Kier alpha value is -0.100. The second-order valence-electron chi connectivity index (χ2n) is 4.89. The lowest BCUT2D eigenvalue weighted by Crippen LogP contribution is -2.20. The van der Waals surface area contributed by atoms with Gasteiger partial charge in [0.25, 0.3) is 0 Å². The Kier molecular flexibility index (Phi) is 3.20. The minimum atomic E-state index is 0.293. The van der Waals surface area contributed by atoms with Crippen molar-refractivity contribution < 1.29 is 4.74 Å². The Bertz CT molecular complexity index is 362. The highest BCUT2D eigenvalue weighted by Gasteiger charge is 2.27. The van der Waals surface area contributed by atoms with Crippen LogP contribution < -0.4 is 0 Å². The van der Waals surface area contributed by atoms with Gasteiger partial charge in [0.2, 0.25) is 0 Å². The summed E-state index contributed by atoms with van der Waals surface area (Å²) in [5.41, 5.74) is 1.28. The van der Waals surface area contributed by atoms with Crippen molar-refractivity contribution >= 4 is 22.6 Å². The van der Waals surface area contributed by atoms with Gasteiger partial charge in [-0.15, -0.1) is 0 Å². The SMILES string of the molecule is ICC1CCOC(c2cnn(C3CC3)c2)C1. The Morgan fingerprint density at radius 3 is 3.06 bits per heavy atom. The summed E-state index contributed by atoms with van der Waals surface area (Å²) in [7, 11) is 0. The van der Waals surface area contributed by atoms with Gasteiger partial charge in [-0.3, -0.25) is 4.68 Å². The van der Waals surface area contributed by atoms with Crippen LogP contribution >= 0.6 is 22.6 Å². The zero-order valence-corrected chi connectivity index (χ0v) is 11.5. The first-order valence-corrected chi connectivity index (χ1v) is 7.61. The summed E-state index contributed by atoms with van der Waals surface area (Å²) in [5.74, 6) is 0.823. The fourth-order valence-corrected chi connectivity index (χ4v) is 3.10. The van der Waals surface area contributed by atoms with Crippen LogP contribution in [0.5, 0.6) is 0 Å². The number of ether oxygens (including phenoxy) is 1. The summed E-state index contributed by atoms with van der Waals surface area (Å²) in [6.07, 6.45) is 9.46. The average Bonchev–Trinajstić information content (AvgIpc) is 3.07. The van der Waals surface area contributed by atoms with Gasteiger partial charge in [-0.2, -0.15) is 5.10 Å². The maximum absolute atomic E-state index is 5.85. The molecule has 1 aromatic heterocycles. The van der Waals surface area contributed by atoms with E-state index in [0.29, 0.717) is 12.1 Å². The van der Waals surface area contributed by atoms with Crippen LogP contribution in [0.1, 0.15) is 43.4 Å². The Morgan fingerprint density at radius 1 is 1.44 bits per heavy atom. The zero-order chi connectivity index (χ0) is 11.0. The molecule has 3 nitrogen and oxygen atoms in total. The monoisotopic (exact) mass is 332 g/mol. The molecule has 0 N–H and O–H groups in total. The molecule has 1 aromatic rings. The minimum Gasteiger partial charge on any atom is -0.373 e. The Labute approximate surface area is 110 Å². The highest BCUT2D eigenvalue weighted by molar-refractivity contribution is 14.1. The van der Waals surface area contributed by atoms with Gasteiger partial charge in [0.1, 0.15) is 0 Å². The van der Waals surface area contributed by atoms with Crippen molar-refractivity contribution in [3.05, 3.63) is 18.0 Å². The molecule has 0 bridgehead atoms. The van der Waals surface area contributed by atoms with E-state index in [1.165, 1.54) is 35.7 Å². The topological polar surface area (TPSA) is 27.1 Å². The lowest BCUT2D eigenvalue weighted by atomic mass is 9.95. The molecule has 2 fully saturated rings. The molecule has 16 heavy (non-hydrogen) atoms. The van der Waals surface area contributed by atoms with Gasteiger partial charge in [-0.05, 0) is 31.6 Å². The molecule has 1 saturated carbocycles.